The van der Waals surface area contributed by atoms with E-state index in [4.69, 9.17) is 27.0 Å². The highest BCUT2D eigenvalue weighted by atomic mass is 32.2. The molecule has 0 atom stereocenters. The van der Waals surface area contributed by atoms with E-state index in [1.165, 1.54) is 48.5 Å². The largest absolute Gasteiger partial charge is 0.505 e. The molecule has 4 aromatic rings. The number of hydrogen-bond donors (Lipinski definition) is 4. The van der Waals surface area contributed by atoms with E-state index < -0.39 is 32.4 Å². The fourth-order valence-corrected chi connectivity index (χ4v) is 4.66. The number of carbonyl (C=O) groups is 1. The second kappa shape index (κ2) is 14.3. The molecule has 0 radical (unpaired) electrons. The van der Waals surface area contributed by atoms with Crippen LogP contribution in [0.25, 0.3) is 10.8 Å². The topological polar surface area (TPSA) is 236 Å². The Balaban J connectivity index is 0.00000529. The first-order valence-corrected chi connectivity index (χ1v) is 14.0. The van der Waals surface area contributed by atoms with Crippen molar-refractivity contribution in [2.24, 2.45) is 32.3 Å². The first kappa shape index (κ1) is 33.3. The van der Waals surface area contributed by atoms with E-state index in [1.807, 2.05) is 0 Å². The van der Waals surface area contributed by atoms with Crippen LogP contribution in [0.5, 0.6) is 17.2 Å². The van der Waals surface area contributed by atoms with Gasteiger partial charge in [0.1, 0.15) is 33.5 Å². The quantitative estimate of drug-likeness (QED) is 0.0856. The molecule has 0 spiro atoms. The molecule has 4 rings (SSSR count). The van der Waals surface area contributed by atoms with Gasteiger partial charge in [-0.15, -0.1) is 15.3 Å². The van der Waals surface area contributed by atoms with Crippen molar-refractivity contribution in [3.05, 3.63) is 66.2 Å². The monoisotopic (exact) mass is 625 g/mol. The second-order valence-corrected chi connectivity index (χ2v) is 10.2. The molecule has 7 N–H and O–H groups in total. The Hall–Kier alpha value is -5.16. The summed E-state index contributed by atoms with van der Waals surface area (Å²) in [7, 11) is -4.53. The standard InChI is InChI=1S/C27H27N7O8S.CH4/c1-3-39-22-14-21(23(40-4-2)13-20(22)32-31-18-7-5-6-16(10-18)27(36)41-29)33-34-25-24(43(37,38)42-30)11-15-8-9-17(28)12-19(15)26(25)35;/h5-14,35H,3-4,28-30H2,1-2H3;1H4. The van der Waals surface area contributed by atoms with E-state index in [1.54, 1.807) is 26.0 Å². The van der Waals surface area contributed by atoms with Gasteiger partial charge in [-0.2, -0.15) is 29.6 Å². The van der Waals surface area contributed by atoms with Crippen LogP contribution in [0.4, 0.5) is 28.4 Å². The van der Waals surface area contributed by atoms with Gasteiger partial charge in [-0.25, -0.2) is 4.79 Å². The number of anilines is 1. The Morgan fingerprint density at radius 3 is 2.09 bits per heavy atom. The molecule has 16 heteroatoms. The van der Waals surface area contributed by atoms with Gasteiger partial charge in [0.15, 0.2) is 5.75 Å². The minimum Gasteiger partial charge on any atom is -0.505 e. The van der Waals surface area contributed by atoms with Gasteiger partial charge < -0.3 is 25.2 Å². The van der Waals surface area contributed by atoms with E-state index >= 15 is 0 Å². The molecular weight excluding hydrogens is 594 g/mol. The number of hydrogen-bond acceptors (Lipinski definition) is 15. The normalized spacial score (nSPS) is 11.5. The Morgan fingerprint density at radius 2 is 1.50 bits per heavy atom. The van der Waals surface area contributed by atoms with Crippen molar-refractivity contribution >= 4 is 55.3 Å². The molecule has 0 amide bonds. The maximum atomic E-state index is 12.6. The number of nitrogens with zero attached hydrogens (tertiary/aromatic N) is 4. The molecule has 0 aliphatic carbocycles. The van der Waals surface area contributed by atoms with Crippen molar-refractivity contribution in [1.82, 2.24) is 0 Å². The van der Waals surface area contributed by atoms with E-state index in [9.17, 15) is 18.3 Å². The van der Waals surface area contributed by atoms with Gasteiger partial charge in [-0.05, 0) is 55.6 Å². The van der Waals surface area contributed by atoms with Crippen LogP contribution in [-0.2, 0) is 19.2 Å². The van der Waals surface area contributed by atoms with Gasteiger partial charge in [-0.3, -0.25) is 0 Å². The van der Waals surface area contributed by atoms with Crippen LogP contribution in [0.2, 0.25) is 0 Å². The number of phenols is 1. The van der Waals surface area contributed by atoms with Gasteiger partial charge in [0, 0.05) is 23.2 Å². The highest BCUT2D eigenvalue weighted by molar-refractivity contribution is 7.86. The number of carbonyl (C=O) groups excluding carboxylic acids is 1. The van der Waals surface area contributed by atoms with E-state index in [0.717, 1.165) is 0 Å². The summed E-state index contributed by atoms with van der Waals surface area (Å²) in [5.74, 6) is 9.14. The lowest BCUT2D eigenvalue weighted by atomic mass is 10.1. The summed E-state index contributed by atoms with van der Waals surface area (Å²) < 4.78 is 40.9. The molecule has 44 heavy (non-hydrogen) atoms. The van der Waals surface area contributed by atoms with Gasteiger partial charge in [0.2, 0.25) is 0 Å². The third-order valence-electron chi connectivity index (χ3n) is 5.83. The molecule has 4 aromatic carbocycles. The second-order valence-electron chi connectivity index (χ2n) is 8.61. The van der Waals surface area contributed by atoms with Crippen LogP contribution in [0.3, 0.4) is 0 Å². The zero-order chi connectivity index (χ0) is 31.1. The molecule has 0 saturated carbocycles. The number of aromatic hydroxyl groups is 1. The van der Waals surface area contributed by atoms with E-state index in [0.29, 0.717) is 16.8 Å². The Morgan fingerprint density at radius 1 is 0.864 bits per heavy atom. The van der Waals surface area contributed by atoms with Crippen LogP contribution >= 0.6 is 0 Å². The van der Waals surface area contributed by atoms with Crippen LogP contribution in [0.15, 0.2) is 86.0 Å². The lowest BCUT2D eigenvalue weighted by Crippen LogP contribution is -2.11. The van der Waals surface area contributed by atoms with Crippen molar-refractivity contribution in [2.45, 2.75) is 26.2 Å². The molecule has 0 aliphatic heterocycles. The molecule has 15 nitrogen and oxygen atoms in total. The predicted octanol–water partition coefficient (Wildman–Crippen LogP) is 6.00. The lowest BCUT2D eigenvalue weighted by molar-refractivity contribution is 0.0503. The molecule has 0 aliphatic rings. The first-order valence-electron chi connectivity index (χ1n) is 12.6. The van der Waals surface area contributed by atoms with Crippen molar-refractivity contribution in [1.29, 1.82) is 0 Å². The van der Waals surface area contributed by atoms with Crippen LogP contribution in [0.1, 0.15) is 31.6 Å². The lowest BCUT2D eigenvalue weighted by Gasteiger charge is -2.13. The molecular formula is C28H31N7O8S. The molecule has 0 heterocycles. The third kappa shape index (κ3) is 7.24. The zero-order valence-electron chi connectivity index (χ0n) is 22.9. The SMILES string of the molecule is C.CCOc1cc(N=Nc2c(S(=O)(=O)ON)cc3ccc(N)cc3c2O)c(OCC)cc1N=Nc1cccc(C(=O)ON)c1. The third-order valence-corrected chi connectivity index (χ3v) is 6.94. The summed E-state index contributed by atoms with van der Waals surface area (Å²) in [6.07, 6.45) is 0. The average molecular weight is 626 g/mol. The van der Waals surface area contributed by atoms with E-state index in [-0.39, 0.29) is 54.5 Å². The molecule has 0 bridgehead atoms. The predicted molar refractivity (Wildman–Crippen MR) is 162 cm³/mol. The summed E-state index contributed by atoms with van der Waals surface area (Å²) in [5.41, 5.74) is 6.61. The summed E-state index contributed by atoms with van der Waals surface area (Å²) in [4.78, 5) is 15.5. The minimum atomic E-state index is -4.53. The van der Waals surface area contributed by atoms with Crippen molar-refractivity contribution < 1.29 is 36.9 Å². The molecule has 0 aromatic heterocycles. The highest BCUT2D eigenvalue weighted by Gasteiger charge is 2.25. The molecule has 0 fully saturated rings. The fraction of sp³-hybridized carbons (Fsp3) is 0.179. The summed E-state index contributed by atoms with van der Waals surface area (Å²) >= 11 is 0. The maximum absolute atomic E-state index is 12.6. The number of nitrogens with two attached hydrogens (primary N) is 3. The van der Waals surface area contributed by atoms with Crippen LogP contribution < -0.4 is 27.0 Å². The highest BCUT2D eigenvalue weighted by Crippen LogP contribution is 2.45. The van der Waals surface area contributed by atoms with Gasteiger partial charge in [0.05, 0.1) is 24.5 Å². The summed E-state index contributed by atoms with van der Waals surface area (Å²) in [6, 6.07) is 14.8. The molecule has 0 unspecified atom stereocenters. The Labute approximate surface area is 252 Å². The number of azo groups is 2. The number of nitrogen functional groups attached to an aromatic ring is 1. The van der Waals surface area contributed by atoms with Gasteiger partial charge >= 0.3 is 16.1 Å². The Bertz CT molecular complexity index is 1850. The number of phenolic OH excluding ortho intramolecular Hbond substituents is 1. The zero-order valence-corrected chi connectivity index (χ0v) is 23.7. The number of fused-ring (bicyclic) bond motifs is 1. The fourth-order valence-electron chi connectivity index (χ4n) is 3.91. The van der Waals surface area contributed by atoms with Crippen LogP contribution in [0, 0.1) is 0 Å². The first-order chi connectivity index (χ1) is 20.6. The van der Waals surface area contributed by atoms with Gasteiger partial charge in [-0.1, -0.05) is 19.6 Å². The van der Waals surface area contributed by atoms with Crippen molar-refractivity contribution in [2.75, 3.05) is 18.9 Å². The molecule has 232 valence electrons. The summed E-state index contributed by atoms with van der Waals surface area (Å²) in [5, 5.41) is 28.2. The van der Waals surface area contributed by atoms with Crippen LogP contribution in [-0.4, -0.2) is 32.7 Å². The minimum absolute atomic E-state index is 0. The van der Waals surface area contributed by atoms with Gasteiger partial charge in [0.25, 0.3) is 0 Å². The van der Waals surface area contributed by atoms with Crippen molar-refractivity contribution in [3.8, 4) is 17.2 Å². The molecule has 0 saturated heterocycles. The summed E-state index contributed by atoms with van der Waals surface area (Å²) in [6.45, 7) is 3.96. The Kier molecular flexibility index (Phi) is 10.9. The smallest absolute Gasteiger partial charge is 0.356 e. The number of benzene rings is 4. The van der Waals surface area contributed by atoms with Crippen molar-refractivity contribution in [3.63, 3.8) is 0 Å². The average Bonchev–Trinajstić information content (AvgIpc) is 3.00. The number of rotatable bonds is 11. The number of ether oxygens (including phenoxy) is 2. The maximum Gasteiger partial charge on any atom is 0.356 e. The van der Waals surface area contributed by atoms with E-state index in [2.05, 4.69) is 29.6 Å².